The number of aliphatic hydroxyl groups is 1. The van der Waals surface area contributed by atoms with E-state index in [4.69, 9.17) is 16.3 Å². The molecule has 1 aliphatic heterocycles. The van der Waals surface area contributed by atoms with Crippen LogP contribution in [0.2, 0.25) is 5.02 Å². The Balaban J connectivity index is 1.55. The van der Waals surface area contributed by atoms with Crippen molar-refractivity contribution in [3.8, 4) is 5.75 Å². The number of thioether (sulfide) groups is 1. The van der Waals surface area contributed by atoms with Crippen LogP contribution in [0.25, 0.3) is 5.76 Å². The number of aromatic nitrogens is 2. The van der Waals surface area contributed by atoms with Gasteiger partial charge in [0.1, 0.15) is 11.5 Å². The first-order valence-electron chi connectivity index (χ1n) is 12.7. The zero-order valence-corrected chi connectivity index (χ0v) is 24.2. The topological polar surface area (TPSA) is 92.6 Å². The molecule has 7 nitrogen and oxygen atoms in total. The van der Waals surface area contributed by atoms with Gasteiger partial charge in [-0.05, 0) is 42.7 Å². The second-order valence-corrected chi connectivity index (χ2v) is 11.8. The molecular formula is C30H26ClN3O4S2. The number of hydrogen-bond donors (Lipinski definition) is 1. The number of benzene rings is 3. The number of anilines is 1. The molecular weight excluding hydrogens is 566 g/mol. The number of ketones is 1. The van der Waals surface area contributed by atoms with E-state index in [1.807, 2.05) is 56.3 Å². The van der Waals surface area contributed by atoms with Crippen molar-refractivity contribution >= 4 is 57.3 Å². The minimum Gasteiger partial charge on any atom is -0.507 e. The third kappa shape index (κ3) is 5.77. The van der Waals surface area contributed by atoms with Crippen LogP contribution in [-0.2, 0) is 15.3 Å². The molecule has 0 spiro atoms. The van der Waals surface area contributed by atoms with Crippen LogP contribution >= 0.6 is 34.7 Å². The molecule has 10 heteroatoms. The molecule has 2 heterocycles. The van der Waals surface area contributed by atoms with Gasteiger partial charge in [0, 0.05) is 16.3 Å². The van der Waals surface area contributed by atoms with Gasteiger partial charge in [0.2, 0.25) is 5.13 Å². The number of carbonyl (C=O) groups is 2. The minimum absolute atomic E-state index is 0.0121. The molecule has 1 fully saturated rings. The molecule has 204 valence electrons. The van der Waals surface area contributed by atoms with Crippen molar-refractivity contribution in [3.63, 3.8) is 0 Å². The van der Waals surface area contributed by atoms with E-state index in [0.717, 1.165) is 17.5 Å². The molecule has 1 unspecified atom stereocenters. The Hall–Kier alpha value is -3.66. The Bertz CT molecular complexity index is 1590. The maximum Gasteiger partial charge on any atom is 0.301 e. The molecule has 1 atom stereocenters. The van der Waals surface area contributed by atoms with Gasteiger partial charge >= 0.3 is 5.91 Å². The second kappa shape index (κ2) is 12.2. The normalized spacial score (nSPS) is 16.5. The van der Waals surface area contributed by atoms with Gasteiger partial charge in [-0.1, -0.05) is 102 Å². The van der Waals surface area contributed by atoms with Crippen LogP contribution in [0, 0.1) is 6.92 Å². The predicted molar refractivity (Wildman–Crippen MR) is 159 cm³/mol. The number of rotatable bonds is 9. The maximum atomic E-state index is 13.5. The molecule has 5 rings (SSSR count). The zero-order valence-electron chi connectivity index (χ0n) is 21.8. The quantitative estimate of drug-likeness (QED) is 0.0723. The van der Waals surface area contributed by atoms with E-state index in [2.05, 4.69) is 10.2 Å². The van der Waals surface area contributed by atoms with Crippen LogP contribution in [0.4, 0.5) is 5.13 Å². The highest BCUT2D eigenvalue weighted by molar-refractivity contribution is 8.00. The summed E-state index contributed by atoms with van der Waals surface area (Å²) >= 11 is 8.94. The molecule has 1 amide bonds. The van der Waals surface area contributed by atoms with Gasteiger partial charge in [-0.3, -0.25) is 14.5 Å². The molecule has 40 heavy (non-hydrogen) atoms. The summed E-state index contributed by atoms with van der Waals surface area (Å²) in [7, 11) is 0. The first-order chi connectivity index (χ1) is 19.4. The van der Waals surface area contributed by atoms with Crippen LogP contribution in [0.15, 0.2) is 82.7 Å². The van der Waals surface area contributed by atoms with Crippen LogP contribution < -0.4 is 9.64 Å². The van der Waals surface area contributed by atoms with Crippen molar-refractivity contribution in [1.82, 2.24) is 10.2 Å². The number of nitrogens with zero attached hydrogens (tertiary/aromatic N) is 3. The van der Waals surface area contributed by atoms with Crippen molar-refractivity contribution in [2.75, 3.05) is 11.5 Å². The fourth-order valence-corrected chi connectivity index (χ4v) is 6.47. The lowest BCUT2D eigenvalue weighted by Gasteiger charge is -2.23. The molecule has 0 saturated carbocycles. The molecule has 1 aromatic heterocycles. The average molecular weight is 592 g/mol. The van der Waals surface area contributed by atoms with Crippen molar-refractivity contribution in [2.45, 2.75) is 36.4 Å². The van der Waals surface area contributed by atoms with Crippen LogP contribution in [0.3, 0.4) is 0 Å². The summed E-state index contributed by atoms with van der Waals surface area (Å²) in [5.41, 5.74) is 3.00. The predicted octanol–water partition coefficient (Wildman–Crippen LogP) is 7.21. The number of hydrogen-bond acceptors (Lipinski definition) is 8. The number of aryl methyl sites for hydroxylation is 1. The molecule has 0 aliphatic carbocycles. The number of aliphatic hydroxyl groups excluding tert-OH is 1. The monoisotopic (exact) mass is 591 g/mol. The highest BCUT2D eigenvalue weighted by atomic mass is 35.5. The van der Waals surface area contributed by atoms with E-state index >= 15 is 0 Å². The number of Topliss-reactive ketones (excluding diaryl/α,β-unsaturated/α-hetero) is 1. The summed E-state index contributed by atoms with van der Waals surface area (Å²) in [5.74, 6) is -0.640. The Morgan fingerprint density at radius 3 is 2.60 bits per heavy atom. The van der Waals surface area contributed by atoms with Gasteiger partial charge in [-0.25, -0.2) is 0 Å². The molecule has 3 aromatic carbocycles. The van der Waals surface area contributed by atoms with Crippen molar-refractivity contribution in [1.29, 1.82) is 0 Å². The highest BCUT2D eigenvalue weighted by Crippen LogP contribution is 2.44. The van der Waals surface area contributed by atoms with Gasteiger partial charge in [-0.15, -0.1) is 10.2 Å². The fraction of sp³-hybridized carbons (Fsp3) is 0.200. The summed E-state index contributed by atoms with van der Waals surface area (Å²) in [5, 5.41) is 20.8. The lowest BCUT2D eigenvalue weighted by Crippen LogP contribution is -2.29. The lowest BCUT2D eigenvalue weighted by molar-refractivity contribution is -0.132. The number of halogens is 1. The van der Waals surface area contributed by atoms with Gasteiger partial charge in [0.15, 0.2) is 4.34 Å². The summed E-state index contributed by atoms with van der Waals surface area (Å²) in [6.07, 6.45) is 0.829. The third-order valence-electron chi connectivity index (χ3n) is 6.33. The summed E-state index contributed by atoms with van der Waals surface area (Å²) in [4.78, 5) is 28.3. The standard InChI is InChI=1S/C30H26ClN3O4S2/c1-3-15-38-22-9-6-8-20(16-22)25-24(26(35)19-13-11-18(2)12-14-19)27(36)28(37)34(25)29-32-33-30(40-29)39-17-21-7-4-5-10-23(21)31/h4-14,16,25,35H,3,15,17H2,1-2H3/b26-24+. The summed E-state index contributed by atoms with van der Waals surface area (Å²) < 4.78 is 6.44. The molecule has 0 bridgehead atoms. The van der Waals surface area contributed by atoms with Gasteiger partial charge in [0.05, 0.1) is 18.2 Å². The third-order valence-corrected chi connectivity index (χ3v) is 8.80. The first kappa shape index (κ1) is 27.9. The molecule has 1 saturated heterocycles. The molecule has 1 aliphatic rings. The van der Waals surface area contributed by atoms with Gasteiger partial charge in [0.25, 0.3) is 5.78 Å². The minimum atomic E-state index is -0.916. The van der Waals surface area contributed by atoms with E-state index in [0.29, 0.717) is 38.6 Å². The zero-order chi connectivity index (χ0) is 28.2. The first-order valence-corrected chi connectivity index (χ1v) is 14.9. The van der Waals surface area contributed by atoms with Crippen molar-refractivity contribution in [2.24, 2.45) is 0 Å². The second-order valence-electron chi connectivity index (χ2n) is 9.19. The van der Waals surface area contributed by atoms with Gasteiger partial charge in [-0.2, -0.15) is 0 Å². The number of carbonyl (C=O) groups excluding carboxylic acids is 2. The Kier molecular flexibility index (Phi) is 8.54. The van der Waals surface area contributed by atoms with E-state index in [1.54, 1.807) is 30.3 Å². The Labute approximate surface area is 245 Å². The van der Waals surface area contributed by atoms with Crippen LogP contribution in [0.5, 0.6) is 5.75 Å². The van der Waals surface area contributed by atoms with E-state index in [1.165, 1.54) is 28.0 Å². The number of amides is 1. The fourth-order valence-electron chi connectivity index (χ4n) is 4.32. The largest absolute Gasteiger partial charge is 0.507 e. The van der Waals surface area contributed by atoms with E-state index in [9.17, 15) is 14.7 Å². The smallest absolute Gasteiger partial charge is 0.301 e. The van der Waals surface area contributed by atoms with E-state index < -0.39 is 17.7 Å². The van der Waals surface area contributed by atoms with Crippen LogP contribution in [-0.4, -0.2) is 33.6 Å². The SMILES string of the molecule is CCCOc1cccc(C2/C(=C(\O)c3ccc(C)cc3)C(=O)C(=O)N2c2nnc(SCc3ccccc3Cl)s2)c1. The van der Waals surface area contributed by atoms with Crippen LogP contribution in [0.1, 0.15) is 41.6 Å². The molecule has 4 aromatic rings. The van der Waals surface area contributed by atoms with Crippen molar-refractivity contribution < 1.29 is 19.4 Å². The summed E-state index contributed by atoms with van der Waals surface area (Å²) in [6.45, 7) is 4.47. The Morgan fingerprint density at radius 1 is 1.07 bits per heavy atom. The lowest BCUT2D eigenvalue weighted by atomic mass is 9.95. The molecule has 1 N–H and O–H groups in total. The van der Waals surface area contributed by atoms with Crippen molar-refractivity contribution in [3.05, 3.63) is 106 Å². The maximum absolute atomic E-state index is 13.5. The number of ether oxygens (including phenoxy) is 1. The summed E-state index contributed by atoms with van der Waals surface area (Å²) in [6, 6.07) is 21.0. The average Bonchev–Trinajstić information content (AvgIpc) is 3.53. The molecule has 0 radical (unpaired) electrons. The highest BCUT2D eigenvalue weighted by Gasteiger charge is 2.48. The van der Waals surface area contributed by atoms with Gasteiger partial charge < -0.3 is 9.84 Å². The Morgan fingerprint density at radius 2 is 1.85 bits per heavy atom. The van der Waals surface area contributed by atoms with E-state index in [-0.39, 0.29) is 16.5 Å².